The first-order valence-electron chi connectivity index (χ1n) is 10.8. The molecule has 0 radical (unpaired) electrons. The molecule has 2 aromatic carbocycles. The summed E-state index contributed by atoms with van der Waals surface area (Å²) in [6.45, 7) is 6.11. The number of benzene rings is 2. The molecule has 0 aromatic heterocycles. The number of rotatable bonds is 6. The van der Waals surface area contributed by atoms with Gasteiger partial charge in [-0.1, -0.05) is 60.7 Å². The third-order valence-electron chi connectivity index (χ3n) is 5.32. The molecule has 172 valence electrons. The molecule has 1 aliphatic heterocycles. The van der Waals surface area contributed by atoms with Crippen LogP contribution in [0.15, 0.2) is 60.7 Å². The van der Waals surface area contributed by atoms with Crippen LogP contribution in [0.3, 0.4) is 0 Å². The highest BCUT2D eigenvalue weighted by atomic mass is 16.5. The summed E-state index contributed by atoms with van der Waals surface area (Å²) in [6.07, 6.45) is 2.16. The number of carbonyl (C=O) groups is 3. The summed E-state index contributed by atoms with van der Waals surface area (Å²) in [6, 6.07) is 21.6. The molecule has 2 aromatic rings. The quantitative estimate of drug-likeness (QED) is 0.521. The summed E-state index contributed by atoms with van der Waals surface area (Å²) in [5, 5.41) is 14.8. The third-order valence-corrected chi connectivity index (χ3v) is 5.32. The zero-order valence-electron chi connectivity index (χ0n) is 18.5. The van der Waals surface area contributed by atoms with Gasteiger partial charge in [0.2, 0.25) is 0 Å². The molecule has 0 bridgehead atoms. The highest BCUT2D eigenvalue weighted by Crippen LogP contribution is 2.37. The van der Waals surface area contributed by atoms with Gasteiger partial charge in [-0.3, -0.25) is 9.69 Å². The summed E-state index contributed by atoms with van der Waals surface area (Å²) in [7, 11) is 0. The first kappa shape index (κ1) is 25.1. The first-order chi connectivity index (χ1) is 15.3. The van der Waals surface area contributed by atoms with Crippen LogP contribution in [0, 0.1) is 5.92 Å². The molecule has 3 rings (SSSR count). The van der Waals surface area contributed by atoms with Crippen molar-refractivity contribution in [2.45, 2.75) is 38.7 Å². The normalized spacial score (nSPS) is 14.5. The maximum Gasteiger partial charge on any atom is 0.414 e. The number of carboxylic acid groups (broad SMARTS) is 2. The van der Waals surface area contributed by atoms with Gasteiger partial charge in [-0.2, -0.15) is 0 Å². The Labute approximate surface area is 188 Å². The van der Waals surface area contributed by atoms with E-state index in [0.29, 0.717) is 18.4 Å². The predicted molar refractivity (Wildman–Crippen MR) is 120 cm³/mol. The van der Waals surface area contributed by atoms with Crippen molar-refractivity contribution in [3.63, 3.8) is 0 Å². The fourth-order valence-corrected chi connectivity index (χ4v) is 3.98. The molecule has 1 fully saturated rings. The highest BCUT2D eigenvalue weighted by Gasteiger charge is 2.29. The van der Waals surface area contributed by atoms with Crippen molar-refractivity contribution in [2.75, 3.05) is 19.6 Å². The second-order valence-electron chi connectivity index (χ2n) is 8.06. The lowest BCUT2D eigenvalue weighted by Gasteiger charge is -2.36. The second kappa shape index (κ2) is 12.6. The second-order valence-corrected chi connectivity index (χ2v) is 8.06. The molecular weight excluding hydrogens is 410 g/mol. The summed E-state index contributed by atoms with van der Waals surface area (Å²) in [5.41, 5.74) is 2.77. The van der Waals surface area contributed by atoms with Gasteiger partial charge in [0.1, 0.15) is 0 Å². The van der Waals surface area contributed by atoms with Crippen molar-refractivity contribution in [3.8, 4) is 0 Å². The van der Waals surface area contributed by atoms with Crippen LogP contribution in [0.5, 0.6) is 0 Å². The van der Waals surface area contributed by atoms with E-state index in [2.05, 4.69) is 65.6 Å². The number of hydrogen-bond donors (Lipinski definition) is 2. The number of likely N-dealkylation sites (tertiary alicyclic amines) is 1. The van der Waals surface area contributed by atoms with E-state index < -0.39 is 11.9 Å². The molecule has 7 nitrogen and oxygen atoms in total. The number of esters is 1. The third kappa shape index (κ3) is 8.15. The Bertz CT molecular complexity index is 809. The van der Waals surface area contributed by atoms with E-state index in [1.54, 1.807) is 0 Å². The van der Waals surface area contributed by atoms with Crippen molar-refractivity contribution in [3.05, 3.63) is 71.8 Å². The monoisotopic (exact) mass is 441 g/mol. The summed E-state index contributed by atoms with van der Waals surface area (Å²) < 4.78 is 5.29. The van der Waals surface area contributed by atoms with Crippen LogP contribution in [-0.4, -0.2) is 58.8 Å². The van der Waals surface area contributed by atoms with E-state index in [1.165, 1.54) is 11.1 Å². The molecule has 0 aliphatic carbocycles. The fourth-order valence-electron chi connectivity index (χ4n) is 3.98. The number of ether oxygens (including phenoxy) is 1. The van der Waals surface area contributed by atoms with Gasteiger partial charge < -0.3 is 14.9 Å². The lowest BCUT2D eigenvalue weighted by atomic mass is 9.76. The number of nitrogens with zero attached hydrogens (tertiary/aromatic N) is 1. The lowest BCUT2D eigenvalue weighted by Crippen LogP contribution is -2.39. The largest absolute Gasteiger partial charge is 0.473 e. The Morgan fingerprint density at radius 2 is 1.31 bits per heavy atom. The van der Waals surface area contributed by atoms with Gasteiger partial charge >= 0.3 is 17.9 Å². The van der Waals surface area contributed by atoms with Crippen LogP contribution in [0.2, 0.25) is 0 Å². The van der Waals surface area contributed by atoms with Gasteiger partial charge in [-0.25, -0.2) is 9.59 Å². The molecule has 0 amide bonds. The van der Waals surface area contributed by atoms with Crippen LogP contribution in [0.4, 0.5) is 0 Å². The van der Waals surface area contributed by atoms with Crippen molar-refractivity contribution < 1.29 is 29.3 Å². The standard InChI is InChI=1S/C23H29NO2.C2H2O4/c1-18(2)26-22(25)17-24-15-13-21(14-16-24)23(19-9-5-3-6-10-19)20-11-7-4-8-12-20;3-1(4)2(5)6/h3-12,18,21,23H,13-17H2,1-2H3;(H,3,4)(H,5,6). The minimum absolute atomic E-state index is 0.0411. The molecule has 0 atom stereocenters. The molecule has 1 aliphatic rings. The molecule has 0 unspecified atom stereocenters. The highest BCUT2D eigenvalue weighted by molar-refractivity contribution is 6.27. The number of aliphatic carboxylic acids is 2. The SMILES string of the molecule is CC(C)OC(=O)CN1CCC(C(c2ccccc2)c2ccccc2)CC1.O=C(O)C(=O)O. The Kier molecular flexibility index (Phi) is 9.88. The van der Waals surface area contributed by atoms with E-state index in [1.807, 2.05) is 13.8 Å². The van der Waals surface area contributed by atoms with E-state index in [0.717, 1.165) is 25.9 Å². The van der Waals surface area contributed by atoms with Gasteiger partial charge in [0, 0.05) is 5.92 Å². The summed E-state index contributed by atoms with van der Waals surface area (Å²) in [4.78, 5) is 32.3. The van der Waals surface area contributed by atoms with Crippen LogP contribution >= 0.6 is 0 Å². The molecule has 1 heterocycles. The van der Waals surface area contributed by atoms with E-state index in [9.17, 15) is 4.79 Å². The summed E-state index contributed by atoms with van der Waals surface area (Å²) >= 11 is 0. The maximum atomic E-state index is 11.9. The molecule has 7 heteroatoms. The predicted octanol–water partition coefficient (Wildman–Crippen LogP) is 3.64. The van der Waals surface area contributed by atoms with E-state index in [-0.39, 0.29) is 12.1 Å². The molecular formula is C25H31NO6. The van der Waals surface area contributed by atoms with Gasteiger partial charge in [0.05, 0.1) is 12.6 Å². The number of piperidine rings is 1. The van der Waals surface area contributed by atoms with Gasteiger partial charge in [0.15, 0.2) is 0 Å². The Hall–Kier alpha value is -3.19. The van der Waals surface area contributed by atoms with Crippen LogP contribution in [-0.2, 0) is 19.1 Å². The van der Waals surface area contributed by atoms with Crippen LogP contribution in [0.25, 0.3) is 0 Å². The van der Waals surface area contributed by atoms with Crippen molar-refractivity contribution in [2.24, 2.45) is 5.92 Å². The first-order valence-corrected chi connectivity index (χ1v) is 10.8. The molecule has 0 spiro atoms. The van der Waals surface area contributed by atoms with Gasteiger partial charge in [-0.05, 0) is 56.8 Å². The van der Waals surface area contributed by atoms with Gasteiger partial charge in [0.25, 0.3) is 0 Å². The zero-order valence-corrected chi connectivity index (χ0v) is 18.5. The Balaban J connectivity index is 0.000000534. The summed E-state index contributed by atoms with van der Waals surface area (Å²) in [5.74, 6) is -2.74. The smallest absolute Gasteiger partial charge is 0.414 e. The fraction of sp³-hybridized carbons (Fsp3) is 0.400. The Morgan fingerprint density at radius 3 is 1.69 bits per heavy atom. The molecule has 32 heavy (non-hydrogen) atoms. The van der Waals surface area contributed by atoms with Gasteiger partial charge in [-0.15, -0.1) is 0 Å². The van der Waals surface area contributed by atoms with Crippen LogP contribution < -0.4 is 0 Å². The minimum Gasteiger partial charge on any atom is -0.473 e. The Morgan fingerprint density at radius 1 is 0.875 bits per heavy atom. The van der Waals surface area contributed by atoms with Crippen molar-refractivity contribution in [1.82, 2.24) is 4.90 Å². The lowest BCUT2D eigenvalue weighted by molar-refractivity contribution is -0.159. The number of carbonyl (C=O) groups excluding carboxylic acids is 1. The maximum absolute atomic E-state index is 11.9. The van der Waals surface area contributed by atoms with E-state index in [4.69, 9.17) is 24.5 Å². The minimum atomic E-state index is -1.82. The average Bonchev–Trinajstić information content (AvgIpc) is 2.76. The van der Waals surface area contributed by atoms with E-state index >= 15 is 0 Å². The molecule has 0 saturated carbocycles. The van der Waals surface area contributed by atoms with Crippen LogP contribution in [0.1, 0.15) is 43.7 Å². The number of hydrogen-bond acceptors (Lipinski definition) is 5. The van der Waals surface area contributed by atoms with Crippen molar-refractivity contribution in [1.29, 1.82) is 0 Å². The van der Waals surface area contributed by atoms with Crippen molar-refractivity contribution >= 4 is 17.9 Å². The molecule has 1 saturated heterocycles. The topological polar surface area (TPSA) is 104 Å². The zero-order chi connectivity index (χ0) is 23.5. The number of carboxylic acids is 2. The molecule has 2 N–H and O–H groups in total. The average molecular weight is 442 g/mol.